The lowest BCUT2D eigenvalue weighted by molar-refractivity contribution is 0.209. The second-order valence-corrected chi connectivity index (χ2v) is 7.82. The number of hydrogen-bond donors (Lipinski definition) is 3. The van der Waals surface area contributed by atoms with Crippen LogP contribution in [0.2, 0.25) is 0 Å². The quantitative estimate of drug-likeness (QED) is 0.348. The molecule has 4 heterocycles. The van der Waals surface area contributed by atoms with Gasteiger partial charge in [-0.05, 0) is 30.7 Å². The first-order valence-corrected chi connectivity index (χ1v) is 10.5. The van der Waals surface area contributed by atoms with Crippen LogP contribution in [0.25, 0.3) is 33.5 Å². The highest BCUT2D eigenvalue weighted by Crippen LogP contribution is 2.42. The molecule has 0 spiro atoms. The van der Waals surface area contributed by atoms with Crippen LogP contribution in [-0.4, -0.2) is 45.5 Å². The average molecular weight is 471 g/mol. The maximum atomic E-state index is 11.1. The highest BCUT2D eigenvalue weighted by Gasteiger charge is 2.24. The van der Waals surface area contributed by atoms with Gasteiger partial charge in [-0.15, -0.1) is 0 Å². The molecule has 0 saturated heterocycles. The molecule has 5 aromatic rings. The van der Waals surface area contributed by atoms with Gasteiger partial charge < -0.3 is 20.1 Å². The smallest absolute Gasteiger partial charge is 0.410 e. The Hall–Kier alpha value is -5.00. The third-order valence-electron chi connectivity index (χ3n) is 5.48. The molecule has 1 aromatic carbocycles. The maximum Gasteiger partial charge on any atom is 0.410 e. The molecule has 12 nitrogen and oxygen atoms in total. The molecule has 0 unspecified atom stereocenters. The molecule has 5 rings (SSSR count). The number of nitrogens with zero attached hydrogens (tertiary/aromatic N) is 7. The van der Waals surface area contributed by atoms with Gasteiger partial charge in [-0.3, -0.25) is 10.00 Å². The van der Waals surface area contributed by atoms with Crippen molar-refractivity contribution in [2.45, 2.75) is 6.92 Å². The number of nitrogen functional groups attached to an aromatic ring is 1. The van der Waals surface area contributed by atoms with Crippen LogP contribution in [0, 0.1) is 6.92 Å². The molecule has 0 aliphatic rings. The summed E-state index contributed by atoms with van der Waals surface area (Å²) in [5, 5.41) is 16.3. The molecule has 35 heavy (non-hydrogen) atoms. The summed E-state index contributed by atoms with van der Waals surface area (Å²) in [5.74, 6) is 1.09. The number of aryl methyl sites for hydroxylation is 3. The SMILES string of the molecule is Cc1ccnc(Oc2ccc(-c3c(-c4cc(NC(=O)O)nn4C)n(C)c4ncnc(N)c34)cc2)n1. The number of rotatable bonds is 5. The Morgan fingerprint density at radius 1 is 1.11 bits per heavy atom. The Balaban J connectivity index is 1.65. The number of nitrogens with two attached hydrogens (primary N) is 1. The summed E-state index contributed by atoms with van der Waals surface area (Å²) in [6.07, 6.45) is 1.85. The van der Waals surface area contributed by atoms with E-state index in [9.17, 15) is 4.79 Å². The molecule has 0 aliphatic carbocycles. The molecule has 1 amide bonds. The van der Waals surface area contributed by atoms with Crippen molar-refractivity contribution in [2.24, 2.45) is 14.1 Å². The number of amides is 1. The van der Waals surface area contributed by atoms with Gasteiger partial charge in [0.05, 0.1) is 16.8 Å². The van der Waals surface area contributed by atoms with E-state index >= 15 is 0 Å². The van der Waals surface area contributed by atoms with E-state index in [1.807, 2.05) is 42.8 Å². The number of fused-ring (bicyclic) bond motifs is 1. The zero-order valence-electron chi connectivity index (χ0n) is 19.1. The number of carboxylic acid groups (broad SMARTS) is 1. The van der Waals surface area contributed by atoms with E-state index in [0.717, 1.165) is 22.5 Å². The molecule has 0 fully saturated rings. The van der Waals surface area contributed by atoms with Gasteiger partial charge in [0, 0.05) is 37.6 Å². The molecular weight excluding hydrogens is 450 g/mol. The summed E-state index contributed by atoms with van der Waals surface area (Å²) in [6, 6.07) is 11.1. The van der Waals surface area contributed by atoms with E-state index in [1.54, 1.807) is 30.1 Å². The van der Waals surface area contributed by atoms with Crippen molar-refractivity contribution >= 4 is 28.8 Å². The third kappa shape index (κ3) is 3.97. The van der Waals surface area contributed by atoms with Crippen LogP contribution in [0.4, 0.5) is 16.4 Å². The number of anilines is 2. The minimum Gasteiger partial charge on any atom is -0.465 e. The van der Waals surface area contributed by atoms with Crippen molar-refractivity contribution < 1.29 is 14.6 Å². The van der Waals surface area contributed by atoms with Crippen molar-refractivity contribution in [1.29, 1.82) is 0 Å². The molecule has 4 aromatic heterocycles. The van der Waals surface area contributed by atoms with Gasteiger partial charge in [-0.25, -0.2) is 24.7 Å². The monoisotopic (exact) mass is 471 g/mol. The zero-order chi connectivity index (χ0) is 24.7. The van der Waals surface area contributed by atoms with Gasteiger partial charge in [-0.1, -0.05) is 12.1 Å². The number of carbonyl (C=O) groups is 1. The molecule has 0 bridgehead atoms. The summed E-state index contributed by atoms with van der Waals surface area (Å²) < 4.78 is 9.27. The number of nitrogens with one attached hydrogen (secondary N) is 1. The van der Waals surface area contributed by atoms with Crippen molar-refractivity contribution in [2.75, 3.05) is 11.1 Å². The van der Waals surface area contributed by atoms with Crippen LogP contribution in [0.15, 0.2) is 48.9 Å². The third-order valence-corrected chi connectivity index (χ3v) is 5.48. The molecule has 0 saturated carbocycles. The van der Waals surface area contributed by atoms with Crippen molar-refractivity contribution in [3.8, 4) is 34.3 Å². The van der Waals surface area contributed by atoms with E-state index in [0.29, 0.717) is 28.3 Å². The van der Waals surface area contributed by atoms with Gasteiger partial charge in [0.15, 0.2) is 5.82 Å². The highest BCUT2D eigenvalue weighted by atomic mass is 16.5. The predicted octanol–water partition coefficient (Wildman–Crippen LogP) is 3.60. The molecule has 4 N–H and O–H groups in total. The minimum absolute atomic E-state index is 0.201. The minimum atomic E-state index is -1.20. The van der Waals surface area contributed by atoms with Crippen LogP contribution in [0.1, 0.15) is 5.69 Å². The summed E-state index contributed by atoms with van der Waals surface area (Å²) >= 11 is 0. The Labute approximate surface area is 199 Å². The van der Waals surface area contributed by atoms with E-state index < -0.39 is 6.09 Å². The zero-order valence-corrected chi connectivity index (χ0v) is 19.1. The number of benzene rings is 1. The van der Waals surface area contributed by atoms with Crippen LogP contribution in [0.5, 0.6) is 11.8 Å². The Bertz CT molecular complexity index is 1570. The first kappa shape index (κ1) is 21.8. The van der Waals surface area contributed by atoms with Gasteiger partial charge in [-0.2, -0.15) is 5.10 Å². The fraction of sp³-hybridized carbons (Fsp3) is 0.130. The van der Waals surface area contributed by atoms with Gasteiger partial charge in [0.2, 0.25) is 0 Å². The molecule has 176 valence electrons. The van der Waals surface area contributed by atoms with Crippen LogP contribution >= 0.6 is 0 Å². The summed E-state index contributed by atoms with van der Waals surface area (Å²) in [6.45, 7) is 1.86. The van der Waals surface area contributed by atoms with E-state index in [4.69, 9.17) is 15.6 Å². The Kier molecular flexibility index (Phi) is 5.24. The van der Waals surface area contributed by atoms with Crippen LogP contribution in [-0.2, 0) is 14.1 Å². The molecular formula is C23H21N9O3. The lowest BCUT2D eigenvalue weighted by Gasteiger charge is -2.10. The van der Waals surface area contributed by atoms with Gasteiger partial charge in [0.25, 0.3) is 0 Å². The van der Waals surface area contributed by atoms with E-state index in [-0.39, 0.29) is 11.8 Å². The van der Waals surface area contributed by atoms with E-state index in [1.165, 1.54) is 6.33 Å². The molecule has 0 aliphatic heterocycles. The fourth-order valence-electron chi connectivity index (χ4n) is 3.99. The normalized spacial score (nSPS) is 11.1. The number of ether oxygens (including phenoxy) is 1. The van der Waals surface area contributed by atoms with E-state index in [2.05, 4.69) is 30.4 Å². The summed E-state index contributed by atoms with van der Waals surface area (Å²) in [4.78, 5) is 28.1. The van der Waals surface area contributed by atoms with Crippen LogP contribution < -0.4 is 15.8 Å². The highest BCUT2D eigenvalue weighted by molar-refractivity contribution is 6.07. The standard InChI is InChI=1S/C23H21N9O3/c1-12-8-9-25-22(28-12)35-14-6-4-13(5-7-14)17-18-20(24)26-11-27-21(18)31(2)19(17)15-10-16(29-23(33)34)30-32(15)3/h4-11H,1-3H3,(H,29,30)(H,33,34)(H2,24,26,27). The Morgan fingerprint density at radius 2 is 1.89 bits per heavy atom. The lowest BCUT2D eigenvalue weighted by Crippen LogP contribution is -2.07. The molecule has 12 heteroatoms. The second kappa shape index (κ2) is 8.41. The first-order valence-electron chi connectivity index (χ1n) is 10.5. The second-order valence-electron chi connectivity index (χ2n) is 7.82. The summed E-state index contributed by atoms with van der Waals surface area (Å²) in [5.41, 5.74) is 10.7. The number of hydrogen-bond acceptors (Lipinski definition) is 8. The molecule has 0 radical (unpaired) electrons. The van der Waals surface area contributed by atoms with Crippen molar-refractivity contribution in [1.82, 2.24) is 34.3 Å². The fourth-order valence-corrected chi connectivity index (χ4v) is 3.99. The first-order chi connectivity index (χ1) is 16.8. The van der Waals surface area contributed by atoms with Gasteiger partial charge in [0.1, 0.15) is 23.5 Å². The molecule has 0 atom stereocenters. The number of aromatic nitrogens is 7. The topological polar surface area (TPSA) is 159 Å². The maximum absolute atomic E-state index is 11.1. The Morgan fingerprint density at radius 3 is 2.60 bits per heavy atom. The largest absolute Gasteiger partial charge is 0.465 e. The lowest BCUT2D eigenvalue weighted by atomic mass is 10.0. The summed E-state index contributed by atoms with van der Waals surface area (Å²) in [7, 11) is 3.59. The van der Waals surface area contributed by atoms with Crippen molar-refractivity contribution in [3.05, 3.63) is 54.6 Å². The van der Waals surface area contributed by atoms with Crippen LogP contribution in [0.3, 0.4) is 0 Å². The average Bonchev–Trinajstić information content (AvgIpc) is 3.31. The predicted molar refractivity (Wildman–Crippen MR) is 129 cm³/mol. The van der Waals surface area contributed by atoms with Gasteiger partial charge >= 0.3 is 12.1 Å². The van der Waals surface area contributed by atoms with Crippen molar-refractivity contribution in [3.63, 3.8) is 0 Å².